The standard InChI is InChI=1S/C21H23F2N3O/c22-18-4-3-15(12-19(18)23)13-25-10-1-2-17-14-26(11-7-20(17)25)21(27)16-5-8-24-9-6-16/h3-6,8-9,12,17,20H,1-2,7,10-11,13-14H2/t17-,20-/m1/s1. The summed E-state index contributed by atoms with van der Waals surface area (Å²) in [6.45, 7) is 3.05. The van der Waals surface area contributed by atoms with Gasteiger partial charge in [0.2, 0.25) is 0 Å². The van der Waals surface area contributed by atoms with E-state index in [9.17, 15) is 13.6 Å². The van der Waals surface area contributed by atoms with Crippen molar-refractivity contribution in [3.63, 3.8) is 0 Å². The van der Waals surface area contributed by atoms with E-state index in [1.54, 1.807) is 30.6 Å². The first-order valence-corrected chi connectivity index (χ1v) is 9.49. The van der Waals surface area contributed by atoms with Crippen LogP contribution in [0.15, 0.2) is 42.7 Å². The summed E-state index contributed by atoms with van der Waals surface area (Å²) in [6.07, 6.45) is 6.35. The molecule has 27 heavy (non-hydrogen) atoms. The van der Waals surface area contributed by atoms with Crippen molar-refractivity contribution < 1.29 is 13.6 Å². The van der Waals surface area contributed by atoms with Crippen LogP contribution in [0.5, 0.6) is 0 Å². The Labute approximate surface area is 157 Å². The highest BCUT2D eigenvalue weighted by Crippen LogP contribution is 2.32. The lowest BCUT2D eigenvalue weighted by Crippen LogP contribution is -2.54. The first-order chi connectivity index (χ1) is 13.1. The van der Waals surface area contributed by atoms with E-state index < -0.39 is 11.6 Å². The highest BCUT2D eigenvalue weighted by molar-refractivity contribution is 5.94. The van der Waals surface area contributed by atoms with Gasteiger partial charge < -0.3 is 4.90 Å². The number of likely N-dealkylation sites (tertiary alicyclic amines) is 2. The second-order valence-corrected chi connectivity index (χ2v) is 7.46. The smallest absolute Gasteiger partial charge is 0.253 e. The third-order valence-corrected chi connectivity index (χ3v) is 5.77. The Kier molecular flexibility index (Phi) is 5.16. The van der Waals surface area contributed by atoms with Gasteiger partial charge in [-0.05, 0) is 61.6 Å². The van der Waals surface area contributed by atoms with Gasteiger partial charge >= 0.3 is 0 Å². The van der Waals surface area contributed by atoms with Crippen molar-refractivity contribution in [2.75, 3.05) is 19.6 Å². The molecule has 4 rings (SSSR count). The van der Waals surface area contributed by atoms with Crippen LogP contribution in [-0.4, -0.2) is 46.4 Å². The van der Waals surface area contributed by atoms with Crippen LogP contribution in [0.1, 0.15) is 35.2 Å². The molecule has 1 amide bonds. The number of rotatable bonds is 3. The third kappa shape index (κ3) is 3.86. The third-order valence-electron chi connectivity index (χ3n) is 5.77. The first kappa shape index (κ1) is 18.0. The van der Waals surface area contributed by atoms with Crippen LogP contribution in [0.4, 0.5) is 8.78 Å². The normalized spacial score (nSPS) is 23.1. The van der Waals surface area contributed by atoms with E-state index in [1.807, 2.05) is 4.90 Å². The van der Waals surface area contributed by atoms with E-state index in [0.717, 1.165) is 44.5 Å². The van der Waals surface area contributed by atoms with E-state index in [2.05, 4.69) is 9.88 Å². The average molecular weight is 371 g/mol. The molecule has 0 bridgehead atoms. The molecule has 1 aromatic heterocycles. The molecule has 0 aliphatic carbocycles. The van der Waals surface area contributed by atoms with Gasteiger partial charge in [0.05, 0.1) is 0 Å². The number of hydrogen-bond donors (Lipinski definition) is 0. The van der Waals surface area contributed by atoms with Crippen molar-refractivity contribution in [1.82, 2.24) is 14.8 Å². The number of nitrogens with zero attached hydrogens (tertiary/aromatic N) is 3. The van der Waals surface area contributed by atoms with Crippen molar-refractivity contribution >= 4 is 5.91 Å². The molecule has 2 aliphatic heterocycles. The molecule has 2 saturated heterocycles. The lowest BCUT2D eigenvalue weighted by atomic mass is 9.83. The summed E-state index contributed by atoms with van der Waals surface area (Å²) in [5.74, 6) is -1.12. The lowest BCUT2D eigenvalue weighted by Gasteiger charge is -2.47. The molecule has 3 heterocycles. The van der Waals surface area contributed by atoms with Crippen LogP contribution >= 0.6 is 0 Å². The van der Waals surface area contributed by atoms with Gasteiger partial charge in [-0.1, -0.05) is 6.07 Å². The molecule has 2 aromatic rings. The first-order valence-electron chi connectivity index (χ1n) is 9.49. The maximum Gasteiger partial charge on any atom is 0.253 e. The summed E-state index contributed by atoms with van der Waals surface area (Å²) in [5.41, 5.74) is 1.47. The zero-order valence-corrected chi connectivity index (χ0v) is 15.2. The van der Waals surface area contributed by atoms with Crippen molar-refractivity contribution in [1.29, 1.82) is 0 Å². The quantitative estimate of drug-likeness (QED) is 0.829. The highest BCUT2D eigenvalue weighted by atomic mass is 19.2. The number of pyridine rings is 1. The summed E-state index contributed by atoms with van der Waals surface area (Å²) < 4.78 is 26.7. The van der Waals surface area contributed by atoms with Gasteiger partial charge in [0.1, 0.15) is 0 Å². The van der Waals surface area contributed by atoms with E-state index in [4.69, 9.17) is 0 Å². The summed E-state index contributed by atoms with van der Waals surface area (Å²) in [6, 6.07) is 8.04. The molecule has 2 atom stereocenters. The van der Waals surface area contributed by atoms with E-state index >= 15 is 0 Å². The van der Waals surface area contributed by atoms with Crippen LogP contribution in [0.3, 0.4) is 0 Å². The Morgan fingerprint density at radius 1 is 1.07 bits per heavy atom. The molecule has 6 heteroatoms. The van der Waals surface area contributed by atoms with Gasteiger partial charge in [-0.2, -0.15) is 0 Å². The summed E-state index contributed by atoms with van der Waals surface area (Å²) in [7, 11) is 0. The number of carbonyl (C=O) groups excluding carboxylic acids is 1. The second-order valence-electron chi connectivity index (χ2n) is 7.46. The fraction of sp³-hybridized carbons (Fsp3) is 0.429. The monoisotopic (exact) mass is 371 g/mol. The van der Waals surface area contributed by atoms with Gasteiger partial charge in [-0.15, -0.1) is 0 Å². The maximum absolute atomic E-state index is 13.5. The van der Waals surface area contributed by atoms with Crippen molar-refractivity contribution in [2.24, 2.45) is 5.92 Å². The van der Waals surface area contributed by atoms with E-state index in [-0.39, 0.29) is 5.91 Å². The molecule has 0 unspecified atom stereocenters. The lowest BCUT2D eigenvalue weighted by molar-refractivity contribution is 0.0174. The van der Waals surface area contributed by atoms with Crippen LogP contribution in [0, 0.1) is 17.6 Å². The largest absolute Gasteiger partial charge is 0.338 e. The predicted molar refractivity (Wildman–Crippen MR) is 98.0 cm³/mol. The van der Waals surface area contributed by atoms with Crippen LogP contribution in [-0.2, 0) is 6.54 Å². The maximum atomic E-state index is 13.5. The number of benzene rings is 1. The number of fused-ring (bicyclic) bond motifs is 1. The van der Waals surface area contributed by atoms with Gasteiger partial charge in [-0.3, -0.25) is 14.7 Å². The van der Waals surface area contributed by atoms with Crippen molar-refractivity contribution in [2.45, 2.75) is 31.8 Å². The SMILES string of the molecule is O=C(c1ccncc1)N1CC[C@@H]2[C@H](CCCN2Cc2ccc(F)c(F)c2)C1. The van der Waals surface area contributed by atoms with Crippen molar-refractivity contribution in [3.8, 4) is 0 Å². The minimum atomic E-state index is -0.807. The highest BCUT2D eigenvalue weighted by Gasteiger charge is 2.37. The van der Waals surface area contributed by atoms with Gasteiger partial charge in [-0.25, -0.2) is 8.78 Å². The minimum absolute atomic E-state index is 0.0635. The average Bonchev–Trinajstić information content (AvgIpc) is 2.71. The minimum Gasteiger partial charge on any atom is -0.338 e. The number of hydrogen-bond acceptors (Lipinski definition) is 3. The Hall–Kier alpha value is -2.34. The zero-order chi connectivity index (χ0) is 18.8. The number of halogens is 2. The molecule has 4 nitrogen and oxygen atoms in total. The zero-order valence-electron chi connectivity index (χ0n) is 15.2. The Morgan fingerprint density at radius 3 is 2.67 bits per heavy atom. The van der Waals surface area contributed by atoms with Gasteiger partial charge in [0.15, 0.2) is 11.6 Å². The van der Waals surface area contributed by atoms with Gasteiger partial charge in [0, 0.05) is 43.6 Å². The summed E-state index contributed by atoms with van der Waals surface area (Å²) in [4.78, 5) is 21.0. The van der Waals surface area contributed by atoms with Crippen LogP contribution in [0.25, 0.3) is 0 Å². The van der Waals surface area contributed by atoms with Crippen LogP contribution < -0.4 is 0 Å². The number of piperidine rings is 2. The Balaban J connectivity index is 1.43. The fourth-order valence-corrected chi connectivity index (χ4v) is 4.44. The Morgan fingerprint density at radius 2 is 1.89 bits per heavy atom. The molecule has 0 radical (unpaired) electrons. The molecule has 0 saturated carbocycles. The molecular formula is C21H23F2N3O. The van der Waals surface area contributed by atoms with E-state index in [1.165, 1.54) is 12.1 Å². The molecule has 2 fully saturated rings. The van der Waals surface area contributed by atoms with E-state index in [0.29, 0.717) is 24.1 Å². The number of carbonyl (C=O) groups is 1. The predicted octanol–water partition coefficient (Wildman–Crippen LogP) is 3.49. The van der Waals surface area contributed by atoms with Crippen LogP contribution in [0.2, 0.25) is 0 Å². The summed E-state index contributed by atoms with van der Waals surface area (Å²) in [5, 5.41) is 0. The molecule has 0 N–H and O–H groups in total. The number of amides is 1. The fourth-order valence-electron chi connectivity index (χ4n) is 4.44. The molecule has 0 spiro atoms. The molecule has 1 aromatic carbocycles. The molecule has 2 aliphatic rings. The van der Waals surface area contributed by atoms with Crippen molar-refractivity contribution in [3.05, 3.63) is 65.5 Å². The second kappa shape index (κ2) is 7.72. The topological polar surface area (TPSA) is 36.4 Å². The molecular weight excluding hydrogens is 348 g/mol. The van der Waals surface area contributed by atoms with Gasteiger partial charge in [0.25, 0.3) is 5.91 Å². The summed E-state index contributed by atoms with van der Waals surface area (Å²) >= 11 is 0. The Bertz CT molecular complexity index is 814. The number of aromatic nitrogens is 1. The molecule has 142 valence electrons.